The van der Waals surface area contributed by atoms with Crippen molar-refractivity contribution in [3.8, 4) is 0 Å². The van der Waals surface area contributed by atoms with Gasteiger partial charge in [0.25, 0.3) is 0 Å². The number of aliphatic hydroxyl groups is 1. The molecule has 0 amide bonds. The standard InChI is InChI=1S/C19H24FNO/c1-15(2)12-21(13-16-8-10-18(20)11-9-16)14-19(22)17-6-4-3-5-7-17/h3-11,15,19,22H,12-14H2,1-2H3/t19-/m0/s1. The molecule has 0 spiro atoms. The molecule has 0 fully saturated rings. The van der Waals surface area contributed by atoms with Gasteiger partial charge in [-0.2, -0.15) is 0 Å². The second kappa shape index (κ2) is 8.06. The minimum atomic E-state index is -0.514. The molecule has 0 bridgehead atoms. The topological polar surface area (TPSA) is 23.5 Å². The Kier molecular flexibility index (Phi) is 6.10. The first-order chi connectivity index (χ1) is 10.5. The van der Waals surface area contributed by atoms with E-state index in [1.54, 1.807) is 12.1 Å². The Morgan fingerprint density at radius 1 is 0.955 bits per heavy atom. The van der Waals surface area contributed by atoms with Crippen LogP contribution >= 0.6 is 0 Å². The number of halogens is 1. The second-order valence-corrected chi connectivity index (χ2v) is 6.14. The van der Waals surface area contributed by atoms with Gasteiger partial charge in [-0.1, -0.05) is 56.3 Å². The van der Waals surface area contributed by atoms with Crippen LogP contribution in [0.25, 0.3) is 0 Å². The van der Waals surface area contributed by atoms with Crippen molar-refractivity contribution in [2.75, 3.05) is 13.1 Å². The lowest BCUT2D eigenvalue weighted by Crippen LogP contribution is -2.31. The highest BCUT2D eigenvalue weighted by molar-refractivity contribution is 5.18. The molecule has 2 aromatic carbocycles. The molecule has 0 saturated carbocycles. The summed E-state index contributed by atoms with van der Waals surface area (Å²) < 4.78 is 13.0. The summed E-state index contributed by atoms with van der Waals surface area (Å²) in [5, 5.41) is 10.4. The Balaban J connectivity index is 2.04. The molecule has 0 aliphatic carbocycles. The SMILES string of the molecule is CC(C)CN(Cc1ccc(F)cc1)C[C@H](O)c1ccccc1. The van der Waals surface area contributed by atoms with Crippen LogP contribution < -0.4 is 0 Å². The summed E-state index contributed by atoms with van der Waals surface area (Å²) in [4.78, 5) is 2.22. The van der Waals surface area contributed by atoms with E-state index in [0.717, 1.165) is 17.7 Å². The van der Waals surface area contributed by atoms with Crippen molar-refractivity contribution in [3.05, 3.63) is 71.5 Å². The van der Waals surface area contributed by atoms with Gasteiger partial charge in [-0.05, 0) is 29.2 Å². The molecule has 2 rings (SSSR count). The van der Waals surface area contributed by atoms with E-state index in [-0.39, 0.29) is 5.82 Å². The minimum absolute atomic E-state index is 0.219. The smallest absolute Gasteiger partial charge is 0.123 e. The molecule has 0 saturated heterocycles. The van der Waals surface area contributed by atoms with Gasteiger partial charge < -0.3 is 5.11 Å². The first-order valence-corrected chi connectivity index (χ1v) is 7.74. The zero-order valence-electron chi connectivity index (χ0n) is 13.2. The third kappa shape index (κ3) is 5.24. The normalized spacial score (nSPS) is 12.8. The molecule has 0 radical (unpaired) electrons. The molecular formula is C19H24FNO. The van der Waals surface area contributed by atoms with Crippen LogP contribution in [0.4, 0.5) is 4.39 Å². The molecule has 2 aromatic rings. The van der Waals surface area contributed by atoms with Crippen LogP contribution in [0.3, 0.4) is 0 Å². The maximum absolute atomic E-state index is 13.0. The Morgan fingerprint density at radius 3 is 2.18 bits per heavy atom. The fourth-order valence-corrected chi connectivity index (χ4v) is 2.59. The van der Waals surface area contributed by atoms with Crippen LogP contribution in [0, 0.1) is 11.7 Å². The van der Waals surface area contributed by atoms with Crippen molar-refractivity contribution in [3.63, 3.8) is 0 Å². The Bertz CT molecular complexity index is 553. The fraction of sp³-hybridized carbons (Fsp3) is 0.368. The number of aliphatic hydroxyl groups excluding tert-OH is 1. The van der Waals surface area contributed by atoms with Crippen LogP contribution in [0.5, 0.6) is 0 Å². The molecule has 0 unspecified atom stereocenters. The van der Waals surface area contributed by atoms with Crippen LogP contribution in [0.2, 0.25) is 0 Å². The minimum Gasteiger partial charge on any atom is -0.387 e. The lowest BCUT2D eigenvalue weighted by Gasteiger charge is -2.27. The van der Waals surface area contributed by atoms with Gasteiger partial charge in [-0.3, -0.25) is 4.90 Å². The van der Waals surface area contributed by atoms with Crippen molar-refractivity contribution in [1.82, 2.24) is 4.90 Å². The van der Waals surface area contributed by atoms with Gasteiger partial charge in [0, 0.05) is 19.6 Å². The Labute approximate surface area is 132 Å². The van der Waals surface area contributed by atoms with Gasteiger partial charge in [-0.15, -0.1) is 0 Å². The van der Waals surface area contributed by atoms with Gasteiger partial charge in [0.2, 0.25) is 0 Å². The highest BCUT2D eigenvalue weighted by atomic mass is 19.1. The maximum atomic E-state index is 13.0. The van der Waals surface area contributed by atoms with Crippen molar-refractivity contribution < 1.29 is 9.50 Å². The number of rotatable bonds is 7. The summed E-state index contributed by atoms with van der Waals surface area (Å²) in [5.74, 6) is 0.284. The predicted molar refractivity (Wildman–Crippen MR) is 87.9 cm³/mol. The molecule has 22 heavy (non-hydrogen) atoms. The molecule has 0 aliphatic heterocycles. The molecule has 118 valence electrons. The van der Waals surface area contributed by atoms with E-state index in [0.29, 0.717) is 19.0 Å². The molecule has 1 atom stereocenters. The molecule has 0 aromatic heterocycles. The molecule has 2 nitrogen and oxygen atoms in total. The van der Waals surface area contributed by atoms with Crippen LogP contribution in [-0.4, -0.2) is 23.1 Å². The van der Waals surface area contributed by atoms with Gasteiger partial charge in [0.1, 0.15) is 5.82 Å². The summed E-state index contributed by atoms with van der Waals surface area (Å²) >= 11 is 0. The van der Waals surface area contributed by atoms with Gasteiger partial charge in [0.05, 0.1) is 6.10 Å². The summed E-state index contributed by atoms with van der Waals surface area (Å²) in [6.45, 7) is 6.49. The molecule has 3 heteroatoms. The predicted octanol–water partition coefficient (Wildman–Crippen LogP) is 4.02. The largest absolute Gasteiger partial charge is 0.387 e. The average Bonchev–Trinajstić information content (AvgIpc) is 2.50. The van der Waals surface area contributed by atoms with Gasteiger partial charge in [-0.25, -0.2) is 4.39 Å². The molecule has 0 heterocycles. The third-order valence-corrected chi connectivity index (χ3v) is 3.56. The monoisotopic (exact) mass is 301 g/mol. The van der Waals surface area contributed by atoms with Gasteiger partial charge >= 0.3 is 0 Å². The summed E-state index contributed by atoms with van der Waals surface area (Å²) in [6, 6.07) is 16.3. The Hall–Kier alpha value is -1.71. The van der Waals surface area contributed by atoms with E-state index < -0.39 is 6.10 Å². The second-order valence-electron chi connectivity index (χ2n) is 6.14. The van der Waals surface area contributed by atoms with Crippen LogP contribution in [-0.2, 0) is 6.54 Å². The zero-order valence-corrected chi connectivity index (χ0v) is 13.2. The summed E-state index contributed by atoms with van der Waals surface area (Å²) in [5.41, 5.74) is 1.98. The van der Waals surface area contributed by atoms with Gasteiger partial charge in [0.15, 0.2) is 0 Å². The van der Waals surface area contributed by atoms with Crippen molar-refractivity contribution >= 4 is 0 Å². The van der Waals surface area contributed by atoms with E-state index >= 15 is 0 Å². The van der Waals surface area contributed by atoms with E-state index in [1.165, 1.54) is 12.1 Å². The number of benzene rings is 2. The highest BCUT2D eigenvalue weighted by Crippen LogP contribution is 2.17. The first-order valence-electron chi connectivity index (χ1n) is 7.74. The van der Waals surface area contributed by atoms with Crippen molar-refractivity contribution in [2.24, 2.45) is 5.92 Å². The lowest BCUT2D eigenvalue weighted by atomic mass is 10.1. The fourth-order valence-electron chi connectivity index (χ4n) is 2.59. The average molecular weight is 301 g/mol. The zero-order chi connectivity index (χ0) is 15.9. The Morgan fingerprint density at radius 2 is 1.59 bits per heavy atom. The lowest BCUT2D eigenvalue weighted by molar-refractivity contribution is 0.102. The quantitative estimate of drug-likeness (QED) is 0.835. The molecular weight excluding hydrogens is 277 g/mol. The summed E-state index contributed by atoms with van der Waals surface area (Å²) in [6.07, 6.45) is -0.514. The van der Waals surface area contributed by atoms with E-state index in [9.17, 15) is 9.50 Å². The number of hydrogen-bond acceptors (Lipinski definition) is 2. The van der Waals surface area contributed by atoms with Crippen molar-refractivity contribution in [2.45, 2.75) is 26.5 Å². The number of nitrogens with zero attached hydrogens (tertiary/aromatic N) is 1. The van der Waals surface area contributed by atoms with Crippen LogP contribution in [0.1, 0.15) is 31.1 Å². The molecule has 0 aliphatic rings. The summed E-state index contributed by atoms with van der Waals surface area (Å²) in [7, 11) is 0. The van der Waals surface area contributed by atoms with Crippen LogP contribution in [0.15, 0.2) is 54.6 Å². The van der Waals surface area contributed by atoms with E-state index in [2.05, 4.69) is 18.7 Å². The highest BCUT2D eigenvalue weighted by Gasteiger charge is 2.15. The third-order valence-electron chi connectivity index (χ3n) is 3.56. The molecule has 1 N–H and O–H groups in total. The van der Waals surface area contributed by atoms with E-state index in [1.807, 2.05) is 30.3 Å². The first kappa shape index (κ1) is 16.7. The number of hydrogen-bond donors (Lipinski definition) is 1. The van der Waals surface area contributed by atoms with E-state index in [4.69, 9.17) is 0 Å². The maximum Gasteiger partial charge on any atom is 0.123 e. The van der Waals surface area contributed by atoms with Crippen molar-refractivity contribution in [1.29, 1.82) is 0 Å².